The average molecular weight is 347 g/mol. The molecule has 0 spiro atoms. The highest BCUT2D eigenvalue weighted by molar-refractivity contribution is 5.91. The maximum absolute atomic E-state index is 12.5. The van der Waals surface area contributed by atoms with Crippen LogP contribution in [0.3, 0.4) is 0 Å². The van der Waals surface area contributed by atoms with Crippen LogP contribution in [-0.4, -0.2) is 22.3 Å². The Bertz CT molecular complexity index is 888. The monoisotopic (exact) mass is 347 g/mol. The summed E-state index contributed by atoms with van der Waals surface area (Å²) in [6.07, 6.45) is 3.31. The van der Waals surface area contributed by atoms with Gasteiger partial charge in [-0.3, -0.25) is 4.79 Å². The highest BCUT2D eigenvalue weighted by atomic mass is 16.5. The summed E-state index contributed by atoms with van der Waals surface area (Å²) in [5, 5.41) is 7.77. The second-order valence-corrected chi connectivity index (χ2v) is 6.33. The van der Waals surface area contributed by atoms with Gasteiger partial charge in [0.15, 0.2) is 0 Å². The minimum absolute atomic E-state index is 0.0623. The largest absolute Gasteiger partial charge is 0.493 e. The smallest absolute Gasteiger partial charge is 0.228 e. The molecule has 4 rings (SSSR count). The van der Waals surface area contributed by atoms with Crippen molar-refractivity contribution >= 4 is 11.7 Å². The fourth-order valence-corrected chi connectivity index (χ4v) is 3.25. The number of amides is 1. The fraction of sp³-hybridized carbons (Fsp3) is 0.238. The van der Waals surface area contributed by atoms with E-state index in [0.717, 1.165) is 47.8 Å². The SMILES string of the molecule is O=C(CCOc1ccccc1)Nc1c2c(nn1-c1ccccc1)CCC2. The third-order valence-electron chi connectivity index (χ3n) is 4.51. The van der Waals surface area contributed by atoms with Gasteiger partial charge in [-0.25, -0.2) is 4.68 Å². The van der Waals surface area contributed by atoms with E-state index in [1.807, 2.05) is 65.3 Å². The topological polar surface area (TPSA) is 56.1 Å². The fourth-order valence-electron chi connectivity index (χ4n) is 3.25. The molecule has 5 nitrogen and oxygen atoms in total. The van der Waals surface area contributed by atoms with Gasteiger partial charge in [0.1, 0.15) is 11.6 Å². The van der Waals surface area contributed by atoms with E-state index in [1.165, 1.54) is 0 Å². The Balaban J connectivity index is 1.46. The molecular weight excluding hydrogens is 326 g/mol. The van der Waals surface area contributed by atoms with Gasteiger partial charge in [0.05, 0.1) is 24.4 Å². The van der Waals surface area contributed by atoms with E-state index in [1.54, 1.807) is 0 Å². The molecule has 5 heteroatoms. The van der Waals surface area contributed by atoms with Gasteiger partial charge >= 0.3 is 0 Å². The molecule has 0 unspecified atom stereocenters. The number of carbonyl (C=O) groups excluding carboxylic acids is 1. The Hall–Kier alpha value is -3.08. The van der Waals surface area contributed by atoms with Gasteiger partial charge in [-0.05, 0) is 43.5 Å². The molecular formula is C21H21N3O2. The van der Waals surface area contributed by atoms with E-state index in [4.69, 9.17) is 9.84 Å². The lowest BCUT2D eigenvalue weighted by Crippen LogP contribution is -2.18. The average Bonchev–Trinajstić information content (AvgIpc) is 3.26. The van der Waals surface area contributed by atoms with Crippen molar-refractivity contribution in [2.75, 3.05) is 11.9 Å². The lowest BCUT2D eigenvalue weighted by atomic mass is 10.2. The maximum Gasteiger partial charge on any atom is 0.228 e. The number of hydrogen-bond donors (Lipinski definition) is 1. The van der Waals surface area contributed by atoms with E-state index in [-0.39, 0.29) is 5.91 Å². The predicted octanol–water partition coefficient (Wildman–Crippen LogP) is 3.77. The number of carbonyl (C=O) groups is 1. The number of ether oxygens (including phenoxy) is 1. The summed E-state index contributed by atoms with van der Waals surface area (Å²) in [6.45, 7) is 0.345. The minimum Gasteiger partial charge on any atom is -0.493 e. The van der Waals surface area contributed by atoms with Crippen LogP contribution in [0.15, 0.2) is 60.7 Å². The number of aryl methyl sites for hydroxylation is 1. The van der Waals surface area contributed by atoms with E-state index < -0.39 is 0 Å². The standard InChI is InChI=1S/C21H21N3O2/c25-20(14-15-26-17-10-5-2-6-11-17)22-21-18-12-7-13-19(18)23-24(21)16-8-3-1-4-9-16/h1-6,8-11H,7,12-15H2,(H,22,25). The van der Waals surface area contributed by atoms with Crippen LogP contribution in [0.25, 0.3) is 5.69 Å². The number of para-hydroxylation sites is 2. The Morgan fingerprint density at radius 2 is 1.77 bits per heavy atom. The van der Waals surface area contributed by atoms with Crippen LogP contribution in [-0.2, 0) is 17.6 Å². The molecule has 1 N–H and O–H groups in total. The molecule has 132 valence electrons. The number of anilines is 1. The molecule has 0 saturated carbocycles. The molecule has 0 fully saturated rings. The maximum atomic E-state index is 12.5. The highest BCUT2D eigenvalue weighted by Gasteiger charge is 2.24. The molecule has 1 aliphatic carbocycles. The molecule has 1 amide bonds. The Kier molecular flexibility index (Phi) is 4.69. The number of benzene rings is 2. The molecule has 26 heavy (non-hydrogen) atoms. The van der Waals surface area contributed by atoms with Crippen LogP contribution in [0.2, 0.25) is 0 Å². The highest BCUT2D eigenvalue weighted by Crippen LogP contribution is 2.31. The first kappa shape index (κ1) is 16.4. The first-order valence-corrected chi connectivity index (χ1v) is 8.95. The molecule has 0 bridgehead atoms. The molecule has 0 aliphatic heterocycles. The molecule has 0 saturated heterocycles. The Morgan fingerprint density at radius 1 is 1.04 bits per heavy atom. The molecule has 3 aromatic rings. The van der Waals surface area contributed by atoms with Crippen molar-refractivity contribution in [3.8, 4) is 11.4 Å². The van der Waals surface area contributed by atoms with Crippen molar-refractivity contribution in [3.63, 3.8) is 0 Å². The summed E-state index contributed by atoms with van der Waals surface area (Å²) in [5.41, 5.74) is 3.20. The summed E-state index contributed by atoms with van der Waals surface area (Å²) in [5.74, 6) is 1.51. The van der Waals surface area contributed by atoms with E-state index >= 15 is 0 Å². The first-order valence-electron chi connectivity index (χ1n) is 8.95. The van der Waals surface area contributed by atoms with Crippen molar-refractivity contribution in [1.29, 1.82) is 0 Å². The van der Waals surface area contributed by atoms with E-state index in [2.05, 4.69) is 5.32 Å². The molecule has 0 radical (unpaired) electrons. The number of fused-ring (bicyclic) bond motifs is 1. The quantitative estimate of drug-likeness (QED) is 0.738. The zero-order valence-corrected chi connectivity index (χ0v) is 14.5. The minimum atomic E-state index is -0.0623. The third kappa shape index (κ3) is 3.47. The van der Waals surface area contributed by atoms with E-state index in [9.17, 15) is 4.79 Å². The number of nitrogens with zero attached hydrogens (tertiary/aromatic N) is 2. The lowest BCUT2D eigenvalue weighted by Gasteiger charge is -2.11. The van der Waals surface area contributed by atoms with Crippen LogP contribution < -0.4 is 10.1 Å². The van der Waals surface area contributed by atoms with Gasteiger partial charge in [0, 0.05) is 5.56 Å². The molecule has 0 atom stereocenters. The summed E-state index contributed by atoms with van der Waals surface area (Å²) in [4.78, 5) is 12.5. The lowest BCUT2D eigenvalue weighted by molar-refractivity contribution is -0.116. The molecule has 1 aromatic heterocycles. The second-order valence-electron chi connectivity index (χ2n) is 6.33. The van der Waals surface area contributed by atoms with Crippen molar-refractivity contribution < 1.29 is 9.53 Å². The van der Waals surface area contributed by atoms with Crippen LogP contribution in [0, 0.1) is 0 Å². The van der Waals surface area contributed by atoms with Crippen molar-refractivity contribution in [2.45, 2.75) is 25.7 Å². The van der Waals surface area contributed by atoms with Crippen LogP contribution in [0.5, 0.6) is 5.75 Å². The van der Waals surface area contributed by atoms with Gasteiger partial charge in [0.2, 0.25) is 5.91 Å². The normalized spacial score (nSPS) is 12.6. The van der Waals surface area contributed by atoms with Gasteiger partial charge in [-0.2, -0.15) is 5.10 Å². The van der Waals surface area contributed by atoms with Gasteiger partial charge in [0.25, 0.3) is 0 Å². The molecule has 2 aromatic carbocycles. The first-order chi connectivity index (χ1) is 12.8. The van der Waals surface area contributed by atoms with Crippen LogP contribution >= 0.6 is 0 Å². The number of hydrogen-bond acceptors (Lipinski definition) is 3. The summed E-state index contributed by atoms with van der Waals surface area (Å²) in [6, 6.07) is 19.4. The van der Waals surface area contributed by atoms with Crippen LogP contribution in [0.4, 0.5) is 5.82 Å². The number of rotatable bonds is 6. The van der Waals surface area contributed by atoms with Crippen molar-refractivity contribution in [2.24, 2.45) is 0 Å². The second kappa shape index (κ2) is 7.44. The van der Waals surface area contributed by atoms with Gasteiger partial charge < -0.3 is 10.1 Å². The Labute approximate surface area is 152 Å². The zero-order chi connectivity index (χ0) is 17.8. The van der Waals surface area contributed by atoms with Crippen molar-refractivity contribution in [1.82, 2.24) is 9.78 Å². The summed E-state index contributed by atoms with van der Waals surface area (Å²) < 4.78 is 7.47. The third-order valence-corrected chi connectivity index (χ3v) is 4.51. The van der Waals surface area contributed by atoms with Gasteiger partial charge in [-0.1, -0.05) is 36.4 Å². The molecule has 1 heterocycles. The summed E-state index contributed by atoms with van der Waals surface area (Å²) >= 11 is 0. The van der Waals surface area contributed by atoms with Crippen LogP contribution in [0.1, 0.15) is 24.1 Å². The molecule has 1 aliphatic rings. The zero-order valence-electron chi connectivity index (χ0n) is 14.5. The van der Waals surface area contributed by atoms with Gasteiger partial charge in [-0.15, -0.1) is 0 Å². The van der Waals surface area contributed by atoms with E-state index in [0.29, 0.717) is 13.0 Å². The van der Waals surface area contributed by atoms with Crippen molar-refractivity contribution in [3.05, 3.63) is 71.9 Å². The number of nitrogens with one attached hydrogen (secondary N) is 1. The number of aromatic nitrogens is 2. The predicted molar refractivity (Wildman–Crippen MR) is 101 cm³/mol. The Morgan fingerprint density at radius 3 is 2.54 bits per heavy atom. The summed E-state index contributed by atoms with van der Waals surface area (Å²) in [7, 11) is 0.